The lowest BCUT2D eigenvalue weighted by Crippen LogP contribution is -2.35. The van der Waals surface area contributed by atoms with Gasteiger partial charge in [0.1, 0.15) is 11.4 Å². The van der Waals surface area contributed by atoms with Gasteiger partial charge in [-0.2, -0.15) is 0 Å². The Morgan fingerprint density at radius 2 is 2.10 bits per heavy atom. The van der Waals surface area contributed by atoms with Crippen LogP contribution in [-0.2, 0) is 4.74 Å². The molecule has 1 atom stereocenters. The van der Waals surface area contributed by atoms with E-state index in [1.807, 2.05) is 32.9 Å². The van der Waals surface area contributed by atoms with Crippen LogP contribution in [0, 0.1) is 0 Å². The van der Waals surface area contributed by atoms with Crippen molar-refractivity contribution < 1.29 is 14.3 Å². The molecule has 5 heteroatoms. The zero-order chi connectivity index (χ0) is 15.6. The summed E-state index contributed by atoms with van der Waals surface area (Å²) in [7, 11) is 1.67. The van der Waals surface area contributed by atoms with Gasteiger partial charge in [-0.15, -0.1) is 0 Å². The van der Waals surface area contributed by atoms with Gasteiger partial charge in [0, 0.05) is 23.5 Å². The molecule has 1 saturated heterocycles. The Bertz CT molecular complexity index is 525. The number of halogens is 1. The number of amides is 1. The van der Waals surface area contributed by atoms with Gasteiger partial charge in [-0.25, -0.2) is 4.79 Å². The van der Waals surface area contributed by atoms with Crippen LogP contribution < -0.4 is 4.74 Å². The van der Waals surface area contributed by atoms with E-state index in [1.165, 1.54) is 0 Å². The van der Waals surface area contributed by atoms with Gasteiger partial charge in [0.2, 0.25) is 0 Å². The summed E-state index contributed by atoms with van der Waals surface area (Å²) in [4.78, 5) is 13.9. The smallest absolute Gasteiger partial charge is 0.410 e. The van der Waals surface area contributed by atoms with Gasteiger partial charge < -0.3 is 14.4 Å². The first-order chi connectivity index (χ1) is 9.80. The molecule has 1 amide bonds. The van der Waals surface area contributed by atoms with Gasteiger partial charge in [0.05, 0.1) is 7.11 Å². The van der Waals surface area contributed by atoms with Crippen molar-refractivity contribution >= 4 is 22.0 Å². The van der Waals surface area contributed by atoms with Crippen molar-refractivity contribution in [2.75, 3.05) is 20.2 Å². The van der Waals surface area contributed by atoms with Crippen molar-refractivity contribution in [2.45, 2.75) is 38.7 Å². The number of methoxy groups -OCH3 is 1. The molecule has 1 fully saturated rings. The molecule has 1 heterocycles. The van der Waals surface area contributed by atoms with Crippen LogP contribution in [0.2, 0.25) is 0 Å². The Balaban J connectivity index is 2.07. The summed E-state index contributed by atoms with van der Waals surface area (Å²) in [5.41, 5.74) is 0.691. The molecule has 21 heavy (non-hydrogen) atoms. The second-order valence-electron chi connectivity index (χ2n) is 6.30. The van der Waals surface area contributed by atoms with E-state index in [0.717, 1.165) is 28.8 Å². The third-order valence-corrected chi connectivity index (χ3v) is 3.97. The molecule has 116 valence electrons. The first-order valence-corrected chi connectivity index (χ1v) is 7.91. The van der Waals surface area contributed by atoms with E-state index < -0.39 is 5.60 Å². The third kappa shape index (κ3) is 4.13. The molecule has 0 radical (unpaired) electrons. The average Bonchev–Trinajstić information content (AvgIpc) is 2.86. The molecule has 1 aromatic rings. The molecule has 0 N–H and O–H groups in total. The lowest BCUT2D eigenvalue weighted by atomic mass is 9.97. The predicted molar refractivity (Wildman–Crippen MR) is 85.9 cm³/mol. The SMILES string of the molecule is COc1cc(Br)ccc1[C@@H]1CCN(C(=O)OC(C)(C)C)C1. The lowest BCUT2D eigenvalue weighted by molar-refractivity contribution is 0.0292. The number of hydrogen-bond donors (Lipinski definition) is 0. The fourth-order valence-electron chi connectivity index (χ4n) is 2.53. The largest absolute Gasteiger partial charge is 0.496 e. The second kappa shape index (κ2) is 6.26. The van der Waals surface area contributed by atoms with Crippen LogP contribution in [-0.4, -0.2) is 36.8 Å². The predicted octanol–water partition coefficient (Wildman–Crippen LogP) is 4.18. The third-order valence-electron chi connectivity index (χ3n) is 3.48. The molecular weight excluding hydrogens is 334 g/mol. The van der Waals surface area contributed by atoms with E-state index in [2.05, 4.69) is 22.0 Å². The van der Waals surface area contributed by atoms with Crippen LogP contribution in [0.25, 0.3) is 0 Å². The summed E-state index contributed by atoms with van der Waals surface area (Å²) >= 11 is 3.45. The summed E-state index contributed by atoms with van der Waals surface area (Å²) < 4.78 is 11.9. The number of nitrogens with zero attached hydrogens (tertiary/aromatic N) is 1. The summed E-state index contributed by atoms with van der Waals surface area (Å²) in [6.45, 7) is 7.05. The van der Waals surface area contributed by atoms with E-state index >= 15 is 0 Å². The number of ether oxygens (including phenoxy) is 2. The van der Waals surface area contributed by atoms with Crippen LogP contribution >= 0.6 is 15.9 Å². The second-order valence-corrected chi connectivity index (χ2v) is 7.21. The average molecular weight is 356 g/mol. The molecule has 1 aliphatic rings. The zero-order valence-electron chi connectivity index (χ0n) is 13.0. The first-order valence-electron chi connectivity index (χ1n) is 7.11. The molecule has 0 unspecified atom stereocenters. The van der Waals surface area contributed by atoms with Gasteiger partial charge in [0.15, 0.2) is 0 Å². The molecule has 2 rings (SSSR count). The van der Waals surface area contributed by atoms with Crippen LogP contribution in [0.3, 0.4) is 0 Å². The van der Waals surface area contributed by atoms with Crippen LogP contribution in [0.1, 0.15) is 38.7 Å². The quantitative estimate of drug-likeness (QED) is 0.798. The van der Waals surface area contributed by atoms with Gasteiger partial charge in [0.25, 0.3) is 0 Å². The maximum absolute atomic E-state index is 12.1. The van der Waals surface area contributed by atoms with E-state index in [0.29, 0.717) is 12.5 Å². The molecule has 4 nitrogen and oxygen atoms in total. The molecule has 0 aromatic heterocycles. The number of hydrogen-bond acceptors (Lipinski definition) is 3. The van der Waals surface area contributed by atoms with Gasteiger partial charge in [-0.1, -0.05) is 22.0 Å². The Morgan fingerprint density at radius 1 is 1.38 bits per heavy atom. The first kappa shape index (κ1) is 16.1. The summed E-state index contributed by atoms with van der Waals surface area (Å²) in [6.07, 6.45) is 0.693. The van der Waals surface area contributed by atoms with Crippen molar-refractivity contribution in [3.05, 3.63) is 28.2 Å². The topological polar surface area (TPSA) is 38.8 Å². The zero-order valence-corrected chi connectivity index (χ0v) is 14.6. The summed E-state index contributed by atoms with van der Waals surface area (Å²) in [5.74, 6) is 1.15. The fourth-order valence-corrected chi connectivity index (χ4v) is 2.87. The number of likely N-dealkylation sites (tertiary alicyclic amines) is 1. The molecular formula is C16H22BrNO3. The monoisotopic (exact) mass is 355 g/mol. The minimum absolute atomic E-state index is 0.235. The summed E-state index contributed by atoms with van der Waals surface area (Å²) in [5, 5.41) is 0. The maximum Gasteiger partial charge on any atom is 0.410 e. The highest BCUT2D eigenvalue weighted by atomic mass is 79.9. The number of carbonyl (C=O) groups excluding carboxylic acids is 1. The minimum atomic E-state index is -0.454. The fraction of sp³-hybridized carbons (Fsp3) is 0.562. The van der Waals surface area contributed by atoms with E-state index in [-0.39, 0.29) is 6.09 Å². The van der Waals surface area contributed by atoms with Crippen LogP contribution in [0.15, 0.2) is 22.7 Å². The maximum atomic E-state index is 12.1. The van der Waals surface area contributed by atoms with E-state index in [1.54, 1.807) is 12.0 Å². The lowest BCUT2D eigenvalue weighted by Gasteiger charge is -2.24. The molecule has 1 aromatic carbocycles. The minimum Gasteiger partial charge on any atom is -0.496 e. The van der Waals surface area contributed by atoms with Crippen molar-refractivity contribution in [3.63, 3.8) is 0 Å². The normalized spacial score (nSPS) is 18.7. The summed E-state index contributed by atoms with van der Waals surface area (Å²) in [6, 6.07) is 6.03. The number of benzene rings is 1. The highest BCUT2D eigenvalue weighted by molar-refractivity contribution is 9.10. The Labute approximate surface area is 134 Å². The highest BCUT2D eigenvalue weighted by Gasteiger charge is 2.31. The molecule has 0 saturated carbocycles. The van der Waals surface area contributed by atoms with E-state index in [4.69, 9.17) is 9.47 Å². The molecule has 0 bridgehead atoms. The highest BCUT2D eigenvalue weighted by Crippen LogP contribution is 2.35. The van der Waals surface area contributed by atoms with Crippen LogP contribution in [0.5, 0.6) is 5.75 Å². The van der Waals surface area contributed by atoms with Gasteiger partial charge in [-0.3, -0.25) is 0 Å². The van der Waals surface area contributed by atoms with Gasteiger partial charge in [-0.05, 0) is 44.9 Å². The number of rotatable bonds is 2. The molecule has 0 aliphatic carbocycles. The number of carbonyl (C=O) groups is 1. The van der Waals surface area contributed by atoms with Crippen LogP contribution in [0.4, 0.5) is 4.79 Å². The van der Waals surface area contributed by atoms with Crippen molar-refractivity contribution in [3.8, 4) is 5.75 Å². The van der Waals surface area contributed by atoms with Crippen molar-refractivity contribution in [1.82, 2.24) is 4.90 Å². The Morgan fingerprint density at radius 3 is 2.71 bits per heavy atom. The Hall–Kier alpha value is -1.23. The standard InChI is InChI=1S/C16H22BrNO3/c1-16(2,3)21-15(19)18-8-7-11(10-18)13-6-5-12(17)9-14(13)20-4/h5-6,9,11H,7-8,10H2,1-4H3/t11-/m1/s1. The van der Waals surface area contributed by atoms with Gasteiger partial charge >= 0.3 is 6.09 Å². The van der Waals surface area contributed by atoms with E-state index in [9.17, 15) is 4.79 Å². The van der Waals surface area contributed by atoms with Crippen molar-refractivity contribution in [2.24, 2.45) is 0 Å². The molecule has 0 spiro atoms. The molecule has 1 aliphatic heterocycles. The van der Waals surface area contributed by atoms with Crippen molar-refractivity contribution in [1.29, 1.82) is 0 Å². The Kier molecular flexibility index (Phi) is 4.81.